The van der Waals surface area contributed by atoms with E-state index in [4.69, 9.17) is 11.6 Å². The van der Waals surface area contributed by atoms with E-state index >= 15 is 0 Å². The maximum atomic E-state index is 12.5. The van der Waals surface area contributed by atoms with Gasteiger partial charge in [0, 0.05) is 29.9 Å². The SMILES string of the molecule is CC1(C)C[C@]2(CO)CN(C(=O)CCc3ccccc3Cl)C[C@H]12. The molecule has 1 aliphatic heterocycles. The number of hydrogen-bond donors (Lipinski definition) is 1. The predicted molar refractivity (Wildman–Crippen MR) is 87.8 cm³/mol. The fourth-order valence-corrected chi connectivity index (χ4v) is 4.86. The number of amides is 1. The van der Waals surface area contributed by atoms with E-state index in [1.54, 1.807) is 0 Å². The minimum atomic E-state index is -0.0520. The van der Waals surface area contributed by atoms with Gasteiger partial charge in [-0.05, 0) is 35.8 Å². The molecule has 0 spiro atoms. The second-order valence-corrected chi connectivity index (χ2v) is 8.01. The summed E-state index contributed by atoms with van der Waals surface area (Å²) < 4.78 is 0. The van der Waals surface area contributed by atoms with Crippen molar-refractivity contribution >= 4 is 17.5 Å². The molecule has 3 nitrogen and oxygen atoms in total. The van der Waals surface area contributed by atoms with Gasteiger partial charge in [-0.2, -0.15) is 0 Å². The van der Waals surface area contributed by atoms with Gasteiger partial charge in [0.25, 0.3) is 0 Å². The second-order valence-electron chi connectivity index (χ2n) is 7.60. The Kier molecular flexibility index (Phi) is 3.98. The van der Waals surface area contributed by atoms with Gasteiger partial charge in [-0.25, -0.2) is 0 Å². The van der Waals surface area contributed by atoms with Crippen LogP contribution in [0.2, 0.25) is 5.02 Å². The van der Waals surface area contributed by atoms with Crippen molar-refractivity contribution in [3.63, 3.8) is 0 Å². The van der Waals surface area contributed by atoms with E-state index in [9.17, 15) is 9.90 Å². The van der Waals surface area contributed by atoms with Crippen molar-refractivity contribution in [1.82, 2.24) is 4.90 Å². The van der Waals surface area contributed by atoms with Crippen molar-refractivity contribution in [3.8, 4) is 0 Å². The van der Waals surface area contributed by atoms with E-state index in [1.165, 1.54) is 0 Å². The molecule has 0 aromatic heterocycles. The highest BCUT2D eigenvalue weighted by molar-refractivity contribution is 6.31. The normalized spacial score (nSPS) is 29.1. The Balaban J connectivity index is 1.61. The van der Waals surface area contributed by atoms with Gasteiger partial charge in [-0.15, -0.1) is 0 Å². The molecule has 22 heavy (non-hydrogen) atoms. The van der Waals surface area contributed by atoms with E-state index in [0.717, 1.165) is 23.6 Å². The number of likely N-dealkylation sites (tertiary alicyclic amines) is 1. The van der Waals surface area contributed by atoms with E-state index in [2.05, 4.69) is 13.8 Å². The lowest BCUT2D eigenvalue weighted by atomic mass is 9.48. The molecule has 2 atom stereocenters. The lowest BCUT2D eigenvalue weighted by Crippen LogP contribution is -2.54. The molecule has 1 aromatic rings. The largest absolute Gasteiger partial charge is 0.396 e. The molecule has 2 aliphatic rings. The average Bonchev–Trinajstić information content (AvgIpc) is 2.81. The Labute approximate surface area is 137 Å². The Morgan fingerprint density at radius 3 is 2.73 bits per heavy atom. The number of halogens is 1. The summed E-state index contributed by atoms with van der Waals surface area (Å²) in [6.45, 7) is 6.16. The summed E-state index contributed by atoms with van der Waals surface area (Å²) in [5.74, 6) is 0.604. The van der Waals surface area contributed by atoms with Crippen molar-refractivity contribution in [2.45, 2.75) is 33.1 Å². The fraction of sp³-hybridized carbons (Fsp3) is 0.611. The fourth-order valence-electron chi connectivity index (χ4n) is 4.63. The summed E-state index contributed by atoms with van der Waals surface area (Å²) in [6.07, 6.45) is 2.17. The molecule has 1 N–H and O–H groups in total. The molecule has 0 radical (unpaired) electrons. The summed E-state index contributed by atoms with van der Waals surface area (Å²) in [4.78, 5) is 14.5. The van der Waals surface area contributed by atoms with Gasteiger partial charge in [0.1, 0.15) is 0 Å². The number of rotatable bonds is 4. The smallest absolute Gasteiger partial charge is 0.222 e. The van der Waals surface area contributed by atoms with Gasteiger partial charge in [0.05, 0.1) is 6.61 Å². The Morgan fingerprint density at radius 2 is 2.14 bits per heavy atom. The zero-order chi connectivity index (χ0) is 16.0. The van der Waals surface area contributed by atoms with Gasteiger partial charge in [-0.3, -0.25) is 4.79 Å². The molecule has 0 unspecified atom stereocenters. The van der Waals surface area contributed by atoms with Gasteiger partial charge in [0.2, 0.25) is 5.91 Å². The molecule has 1 amide bonds. The molecule has 1 heterocycles. The first kappa shape index (κ1) is 15.8. The van der Waals surface area contributed by atoms with Crippen LogP contribution in [-0.4, -0.2) is 35.6 Å². The maximum Gasteiger partial charge on any atom is 0.222 e. The zero-order valence-corrected chi connectivity index (χ0v) is 14.1. The number of aliphatic hydroxyl groups is 1. The molecule has 1 aromatic carbocycles. The summed E-state index contributed by atoms with van der Waals surface area (Å²) in [7, 11) is 0. The second kappa shape index (κ2) is 5.54. The maximum absolute atomic E-state index is 12.5. The van der Waals surface area contributed by atoms with Crippen LogP contribution in [0.3, 0.4) is 0 Å². The van der Waals surface area contributed by atoms with Gasteiger partial charge < -0.3 is 10.0 Å². The van der Waals surface area contributed by atoms with Gasteiger partial charge >= 0.3 is 0 Å². The predicted octanol–water partition coefficient (Wildman–Crippen LogP) is 3.14. The number of nitrogens with zero attached hydrogens (tertiary/aromatic N) is 1. The lowest BCUT2D eigenvalue weighted by Gasteiger charge is -2.55. The number of aliphatic hydroxyl groups excluding tert-OH is 1. The third-order valence-electron chi connectivity index (χ3n) is 5.63. The lowest BCUT2D eigenvalue weighted by molar-refractivity contribution is -0.130. The van der Waals surface area contributed by atoms with Crippen molar-refractivity contribution < 1.29 is 9.90 Å². The van der Waals surface area contributed by atoms with E-state index < -0.39 is 0 Å². The number of carbonyl (C=O) groups excluding carboxylic acids is 1. The number of fused-ring (bicyclic) bond motifs is 1. The highest BCUT2D eigenvalue weighted by atomic mass is 35.5. The summed E-state index contributed by atoms with van der Waals surface area (Å²) in [6, 6.07) is 7.69. The Morgan fingerprint density at radius 1 is 1.41 bits per heavy atom. The quantitative estimate of drug-likeness (QED) is 0.925. The topological polar surface area (TPSA) is 40.5 Å². The number of hydrogen-bond acceptors (Lipinski definition) is 2. The molecule has 4 heteroatoms. The molecule has 0 bridgehead atoms. The Bertz CT molecular complexity index is 586. The third kappa shape index (κ3) is 2.55. The summed E-state index contributed by atoms with van der Waals surface area (Å²) >= 11 is 6.15. The molecule has 1 saturated heterocycles. The number of carbonyl (C=O) groups is 1. The summed E-state index contributed by atoms with van der Waals surface area (Å²) in [5, 5.41) is 10.5. The van der Waals surface area contributed by atoms with Crippen LogP contribution in [0.25, 0.3) is 0 Å². The molecular formula is C18H24ClNO2. The monoisotopic (exact) mass is 321 g/mol. The first-order valence-electron chi connectivity index (χ1n) is 8.00. The summed E-state index contributed by atoms with van der Waals surface area (Å²) in [5.41, 5.74) is 1.21. The van der Waals surface area contributed by atoms with Gasteiger partial charge in [0.15, 0.2) is 0 Å². The highest BCUT2D eigenvalue weighted by Gasteiger charge is 2.62. The molecule has 2 fully saturated rings. The van der Waals surface area contributed by atoms with E-state index in [1.807, 2.05) is 29.2 Å². The zero-order valence-electron chi connectivity index (χ0n) is 13.3. The first-order valence-corrected chi connectivity index (χ1v) is 8.38. The van der Waals surface area contributed by atoms with Crippen molar-refractivity contribution in [3.05, 3.63) is 34.9 Å². The van der Waals surface area contributed by atoms with Crippen LogP contribution in [0.4, 0.5) is 0 Å². The van der Waals surface area contributed by atoms with Gasteiger partial charge in [-0.1, -0.05) is 43.6 Å². The van der Waals surface area contributed by atoms with Crippen LogP contribution < -0.4 is 0 Å². The number of aryl methyl sites for hydroxylation is 1. The Hall–Kier alpha value is -1.06. The van der Waals surface area contributed by atoms with Crippen LogP contribution in [0.15, 0.2) is 24.3 Å². The van der Waals surface area contributed by atoms with Crippen LogP contribution in [0, 0.1) is 16.7 Å². The molecule has 1 aliphatic carbocycles. The van der Waals surface area contributed by atoms with E-state index in [0.29, 0.717) is 25.3 Å². The van der Waals surface area contributed by atoms with Crippen LogP contribution in [0.1, 0.15) is 32.3 Å². The van der Waals surface area contributed by atoms with Crippen LogP contribution in [0.5, 0.6) is 0 Å². The first-order chi connectivity index (χ1) is 10.4. The van der Waals surface area contributed by atoms with E-state index in [-0.39, 0.29) is 23.3 Å². The van der Waals surface area contributed by atoms with Crippen LogP contribution in [-0.2, 0) is 11.2 Å². The molecule has 120 valence electrons. The molecule has 3 rings (SSSR count). The van der Waals surface area contributed by atoms with Crippen LogP contribution >= 0.6 is 11.6 Å². The molecular weight excluding hydrogens is 298 g/mol. The van der Waals surface area contributed by atoms with Crippen molar-refractivity contribution in [2.24, 2.45) is 16.7 Å². The average molecular weight is 322 g/mol. The van der Waals surface area contributed by atoms with Crippen molar-refractivity contribution in [2.75, 3.05) is 19.7 Å². The molecule has 1 saturated carbocycles. The minimum Gasteiger partial charge on any atom is -0.396 e. The standard InChI is InChI=1S/C18H24ClNO2/c1-17(2)10-18(12-21)11-20(9-15(17)18)16(22)8-7-13-5-3-4-6-14(13)19/h3-6,15,21H,7-12H2,1-2H3/t15-,18-/m1/s1. The minimum absolute atomic E-state index is 0.0520. The number of benzene rings is 1. The highest BCUT2D eigenvalue weighted by Crippen LogP contribution is 2.62. The van der Waals surface area contributed by atoms with Crippen molar-refractivity contribution in [1.29, 1.82) is 0 Å². The third-order valence-corrected chi connectivity index (χ3v) is 6.00.